The van der Waals surface area contributed by atoms with Gasteiger partial charge in [-0.3, -0.25) is 0 Å². The molecule has 3 unspecified atom stereocenters. The van der Waals surface area contributed by atoms with Crippen LogP contribution in [0.4, 0.5) is 0 Å². The SMILES string of the molecule is Cc1sccc1C1(O)CCC(C)C(C)C1. The van der Waals surface area contributed by atoms with Gasteiger partial charge in [0.15, 0.2) is 0 Å². The van der Waals surface area contributed by atoms with Gasteiger partial charge in [-0.15, -0.1) is 11.3 Å². The molecular formula is C13H20OS. The molecule has 2 rings (SSSR count). The van der Waals surface area contributed by atoms with E-state index < -0.39 is 5.60 Å². The minimum atomic E-state index is -0.546. The molecule has 0 saturated heterocycles. The lowest BCUT2D eigenvalue weighted by atomic mass is 9.70. The Labute approximate surface area is 96.1 Å². The topological polar surface area (TPSA) is 20.2 Å². The zero-order valence-electron chi connectivity index (χ0n) is 9.79. The van der Waals surface area contributed by atoms with Crippen LogP contribution in [0.15, 0.2) is 11.4 Å². The Morgan fingerprint density at radius 1 is 1.40 bits per heavy atom. The first-order chi connectivity index (χ1) is 7.03. The number of rotatable bonds is 1. The first-order valence-electron chi connectivity index (χ1n) is 5.80. The lowest BCUT2D eigenvalue weighted by Crippen LogP contribution is -2.35. The van der Waals surface area contributed by atoms with Crippen molar-refractivity contribution in [1.82, 2.24) is 0 Å². The van der Waals surface area contributed by atoms with Crippen molar-refractivity contribution in [2.75, 3.05) is 0 Å². The van der Waals surface area contributed by atoms with Crippen LogP contribution in [-0.2, 0) is 5.60 Å². The summed E-state index contributed by atoms with van der Waals surface area (Å²) in [5, 5.41) is 12.8. The van der Waals surface area contributed by atoms with E-state index in [1.807, 2.05) is 0 Å². The number of thiophene rings is 1. The molecular weight excluding hydrogens is 204 g/mol. The molecule has 0 aliphatic heterocycles. The van der Waals surface area contributed by atoms with E-state index in [2.05, 4.69) is 32.2 Å². The lowest BCUT2D eigenvalue weighted by Gasteiger charge is -2.39. The van der Waals surface area contributed by atoms with Gasteiger partial charge in [0.2, 0.25) is 0 Å². The second kappa shape index (κ2) is 3.91. The maximum absolute atomic E-state index is 10.7. The molecule has 0 spiro atoms. The van der Waals surface area contributed by atoms with Gasteiger partial charge in [0.25, 0.3) is 0 Å². The van der Waals surface area contributed by atoms with Gasteiger partial charge in [0.05, 0.1) is 5.60 Å². The Morgan fingerprint density at radius 2 is 2.13 bits per heavy atom. The summed E-state index contributed by atoms with van der Waals surface area (Å²) in [7, 11) is 0. The molecule has 84 valence electrons. The Bertz CT molecular complexity index is 344. The normalized spacial score (nSPS) is 36.8. The minimum absolute atomic E-state index is 0.546. The van der Waals surface area contributed by atoms with E-state index >= 15 is 0 Å². The van der Waals surface area contributed by atoms with Gasteiger partial charge in [-0.25, -0.2) is 0 Å². The van der Waals surface area contributed by atoms with E-state index in [1.165, 1.54) is 10.4 Å². The Kier molecular flexibility index (Phi) is 2.91. The molecule has 0 bridgehead atoms. The summed E-state index contributed by atoms with van der Waals surface area (Å²) in [6.45, 7) is 6.67. The molecule has 1 fully saturated rings. The maximum atomic E-state index is 10.7. The zero-order chi connectivity index (χ0) is 11.1. The highest BCUT2D eigenvalue weighted by molar-refractivity contribution is 7.10. The van der Waals surface area contributed by atoms with Crippen LogP contribution in [0, 0.1) is 18.8 Å². The van der Waals surface area contributed by atoms with Crippen molar-refractivity contribution in [3.63, 3.8) is 0 Å². The van der Waals surface area contributed by atoms with Gasteiger partial charge in [-0.1, -0.05) is 13.8 Å². The fourth-order valence-corrected chi connectivity index (χ4v) is 3.49. The molecule has 1 aliphatic rings. The van der Waals surface area contributed by atoms with Crippen LogP contribution >= 0.6 is 11.3 Å². The summed E-state index contributed by atoms with van der Waals surface area (Å²) >= 11 is 1.74. The third-order valence-corrected chi connectivity index (χ3v) is 4.85. The predicted octanol–water partition coefficient (Wildman–Crippen LogP) is 3.70. The standard InChI is InChI=1S/C13H20OS/c1-9-4-6-13(14,8-10(9)2)12-5-7-15-11(12)3/h5,7,9-10,14H,4,6,8H2,1-3H3. The van der Waals surface area contributed by atoms with Crippen LogP contribution in [0.5, 0.6) is 0 Å². The van der Waals surface area contributed by atoms with Gasteiger partial charge in [0.1, 0.15) is 0 Å². The van der Waals surface area contributed by atoms with Crippen LogP contribution in [0.1, 0.15) is 43.6 Å². The summed E-state index contributed by atoms with van der Waals surface area (Å²) in [4.78, 5) is 1.28. The average Bonchev–Trinajstić information content (AvgIpc) is 2.59. The Morgan fingerprint density at radius 3 is 2.67 bits per heavy atom. The summed E-state index contributed by atoms with van der Waals surface area (Å²) in [6.07, 6.45) is 2.99. The van der Waals surface area contributed by atoms with E-state index in [0.717, 1.165) is 25.2 Å². The van der Waals surface area contributed by atoms with Gasteiger partial charge < -0.3 is 5.11 Å². The molecule has 1 aromatic rings. The van der Waals surface area contributed by atoms with Crippen molar-refractivity contribution >= 4 is 11.3 Å². The van der Waals surface area contributed by atoms with Crippen LogP contribution < -0.4 is 0 Å². The van der Waals surface area contributed by atoms with Crippen LogP contribution in [0.25, 0.3) is 0 Å². The number of hydrogen-bond acceptors (Lipinski definition) is 2. The van der Waals surface area contributed by atoms with Crippen LogP contribution in [0.3, 0.4) is 0 Å². The molecule has 1 heterocycles. The number of hydrogen-bond donors (Lipinski definition) is 1. The average molecular weight is 224 g/mol. The number of aliphatic hydroxyl groups is 1. The predicted molar refractivity (Wildman–Crippen MR) is 65.1 cm³/mol. The molecule has 1 nitrogen and oxygen atoms in total. The van der Waals surface area contributed by atoms with Crippen molar-refractivity contribution < 1.29 is 5.11 Å². The highest BCUT2D eigenvalue weighted by Crippen LogP contribution is 2.44. The second-order valence-electron chi connectivity index (χ2n) is 5.12. The number of aryl methyl sites for hydroxylation is 1. The smallest absolute Gasteiger partial charge is 0.0909 e. The zero-order valence-corrected chi connectivity index (χ0v) is 10.6. The third-order valence-electron chi connectivity index (χ3n) is 4.00. The molecule has 2 heteroatoms. The van der Waals surface area contributed by atoms with Gasteiger partial charge in [-0.05, 0) is 55.0 Å². The maximum Gasteiger partial charge on any atom is 0.0909 e. The van der Waals surface area contributed by atoms with Gasteiger partial charge in [-0.2, -0.15) is 0 Å². The third kappa shape index (κ3) is 1.98. The second-order valence-corrected chi connectivity index (χ2v) is 6.24. The highest BCUT2D eigenvalue weighted by atomic mass is 32.1. The quantitative estimate of drug-likeness (QED) is 0.771. The molecule has 0 aromatic carbocycles. The van der Waals surface area contributed by atoms with Crippen molar-refractivity contribution in [2.45, 2.75) is 45.6 Å². The van der Waals surface area contributed by atoms with Crippen molar-refractivity contribution in [2.24, 2.45) is 11.8 Å². The van der Waals surface area contributed by atoms with E-state index in [9.17, 15) is 5.11 Å². The van der Waals surface area contributed by atoms with E-state index in [-0.39, 0.29) is 0 Å². The molecule has 15 heavy (non-hydrogen) atoms. The molecule has 0 amide bonds. The van der Waals surface area contributed by atoms with Crippen molar-refractivity contribution in [1.29, 1.82) is 0 Å². The molecule has 1 N–H and O–H groups in total. The summed E-state index contributed by atoms with van der Waals surface area (Å²) in [5.41, 5.74) is 0.627. The highest BCUT2D eigenvalue weighted by Gasteiger charge is 2.38. The van der Waals surface area contributed by atoms with Gasteiger partial charge in [0, 0.05) is 4.88 Å². The van der Waals surface area contributed by atoms with Gasteiger partial charge >= 0.3 is 0 Å². The molecule has 1 aromatic heterocycles. The first kappa shape index (κ1) is 11.2. The molecule has 3 atom stereocenters. The first-order valence-corrected chi connectivity index (χ1v) is 6.68. The lowest BCUT2D eigenvalue weighted by molar-refractivity contribution is -0.0336. The van der Waals surface area contributed by atoms with Crippen molar-refractivity contribution in [3.05, 3.63) is 21.9 Å². The van der Waals surface area contributed by atoms with Crippen LogP contribution in [0.2, 0.25) is 0 Å². The fourth-order valence-electron chi connectivity index (χ4n) is 2.70. The Hall–Kier alpha value is -0.340. The van der Waals surface area contributed by atoms with E-state index in [0.29, 0.717) is 5.92 Å². The van der Waals surface area contributed by atoms with E-state index in [4.69, 9.17) is 0 Å². The summed E-state index contributed by atoms with van der Waals surface area (Å²) in [5.74, 6) is 1.38. The molecule has 0 radical (unpaired) electrons. The van der Waals surface area contributed by atoms with Crippen molar-refractivity contribution in [3.8, 4) is 0 Å². The monoisotopic (exact) mass is 224 g/mol. The Balaban J connectivity index is 2.25. The fraction of sp³-hybridized carbons (Fsp3) is 0.692. The summed E-state index contributed by atoms with van der Waals surface area (Å²) < 4.78 is 0. The molecule has 1 aliphatic carbocycles. The largest absolute Gasteiger partial charge is 0.385 e. The van der Waals surface area contributed by atoms with E-state index in [1.54, 1.807) is 11.3 Å². The van der Waals surface area contributed by atoms with Crippen LogP contribution in [-0.4, -0.2) is 5.11 Å². The minimum Gasteiger partial charge on any atom is -0.385 e. The summed E-state index contributed by atoms with van der Waals surface area (Å²) in [6, 6.07) is 2.10. The molecule has 1 saturated carbocycles.